The Morgan fingerprint density at radius 1 is 0.939 bits per heavy atom. The number of benzene rings is 2. The third-order valence-corrected chi connectivity index (χ3v) is 8.77. The number of fused-ring (bicyclic) bond motifs is 2. The molecule has 5 heteroatoms. The minimum atomic E-state index is -0.335. The standard InChI is InChI=1S/C28H40BNO2S/c1-6-7-8-12-19-30-23-14-9-10-15-25(23)33-26-21-22(16-17-24(26)30)29-31-20-13-11-18-27(2,3)28(4,5)32-29/h9-10,14-17,21H,6-8,11-13,18-20H2,1-5H3. The lowest BCUT2D eigenvalue weighted by atomic mass is 9.70. The lowest BCUT2D eigenvalue weighted by molar-refractivity contribution is -0.0286. The highest BCUT2D eigenvalue weighted by molar-refractivity contribution is 7.99. The molecule has 2 aliphatic heterocycles. The molecule has 4 rings (SSSR count). The maximum absolute atomic E-state index is 6.69. The van der Waals surface area contributed by atoms with E-state index in [0.717, 1.165) is 31.5 Å². The Morgan fingerprint density at radius 2 is 1.73 bits per heavy atom. The van der Waals surface area contributed by atoms with Crippen molar-refractivity contribution in [3.05, 3.63) is 42.5 Å². The van der Waals surface area contributed by atoms with Gasteiger partial charge >= 0.3 is 7.12 Å². The Hall–Kier alpha value is -1.43. The van der Waals surface area contributed by atoms with Crippen LogP contribution in [0.25, 0.3) is 0 Å². The van der Waals surface area contributed by atoms with Crippen LogP contribution in [-0.2, 0) is 9.31 Å². The van der Waals surface area contributed by atoms with Crippen LogP contribution in [0.4, 0.5) is 11.4 Å². The van der Waals surface area contributed by atoms with Gasteiger partial charge in [0.2, 0.25) is 0 Å². The fraction of sp³-hybridized carbons (Fsp3) is 0.571. The van der Waals surface area contributed by atoms with Gasteiger partial charge in [-0.2, -0.15) is 0 Å². The zero-order chi connectivity index (χ0) is 23.5. The Kier molecular flexibility index (Phi) is 7.82. The van der Waals surface area contributed by atoms with E-state index in [0.29, 0.717) is 0 Å². The Bertz CT molecular complexity index is 945. The molecule has 0 spiro atoms. The van der Waals surface area contributed by atoms with Gasteiger partial charge in [0.05, 0.1) is 17.0 Å². The predicted molar refractivity (Wildman–Crippen MR) is 142 cm³/mol. The molecule has 1 saturated heterocycles. The number of hydrogen-bond donors (Lipinski definition) is 0. The van der Waals surface area contributed by atoms with E-state index in [4.69, 9.17) is 9.31 Å². The van der Waals surface area contributed by atoms with Crippen LogP contribution in [0, 0.1) is 5.41 Å². The molecule has 0 saturated carbocycles. The highest BCUT2D eigenvalue weighted by Gasteiger charge is 2.42. The zero-order valence-electron chi connectivity index (χ0n) is 21.2. The van der Waals surface area contributed by atoms with Gasteiger partial charge in [0, 0.05) is 22.9 Å². The normalized spacial score (nSPS) is 19.8. The van der Waals surface area contributed by atoms with Crippen LogP contribution in [0.2, 0.25) is 0 Å². The van der Waals surface area contributed by atoms with E-state index < -0.39 is 0 Å². The van der Waals surface area contributed by atoms with Crippen molar-refractivity contribution < 1.29 is 9.31 Å². The van der Waals surface area contributed by atoms with Gasteiger partial charge in [0.25, 0.3) is 0 Å². The topological polar surface area (TPSA) is 21.7 Å². The van der Waals surface area contributed by atoms with Crippen molar-refractivity contribution in [2.75, 3.05) is 18.1 Å². The van der Waals surface area contributed by atoms with Crippen molar-refractivity contribution >= 4 is 35.7 Å². The summed E-state index contributed by atoms with van der Waals surface area (Å²) >= 11 is 1.87. The van der Waals surface area contributed by atoms with Crippen molar-refractivity contribution in [1.82, 2.24) is 0 Å². The third-order valence-electron chi connectivity index (χ3n) is 7.65. The van der Waals surface area contributed by atoms with Crippen LogP contribution < -0.4 is 10.4 Å². The highest BCUT2D eigenvalue weighted by Crippen LogP contribution is 2.48. The summed E-state index contributed by atoms with van der Waals surface area (Å²) in [6.07, 6.45) is 8.48. The van der Waals surface area contributed by atoms with E-state index in [1.165, 1.54) is 53.3 Å². The van der Waals surface area contributed by atoms with Crippen molar-refractivity contribution in [1.29, 1.82) is 0 Å². The van der Waals surface area contributed by atoms with E-state index in [2.05, 4.69) is 82.0 Å². The molecule has 0 unspecified atom stereocenters. The van der Waals surface area contributed by atoms with Crippen LogP contribution in [0.1, 0.15) is 79.6 Å². The molecule has 2 aliphatic rings. The van der Waals surface area contributed by atoms with Crippen LogP contribution in [-0.4, -0.2) is 25.9 Å². The predicted octanol–water partition coefficient (Wildman–Crippen LogP) is 7.59. The summed E-state index contributed by atoms with van der Waals surface area (Å²) in [5.74, 6) is 0. The Morgan fingerprint density at radius 3 is 2.55 bits per heavy atom. The minimum absolute atomic E-state index is 0.0934. The molecule has 178 valence electrons. The number of para-hydroxylation sites is 1. The van der Waals surface area contributed by atoms with E-state index in [1.54, 1.807) is 0 Å². The van der Waals surface area contributed by atoms with Crippen molar-refractivity contribution in [3.63, 3.8) is 0 Å². The second kappa shape index (κ2) is 10.5. The van der Waals surface area contributed by atoms with Crippen LogP contribution in [0.5, 0.6) is 0 Å². The first-order chi connectivity index (χ1) is 15.8. The van der Waals surface area contributed by atoms with Crippen LogP contribution >= 0.6 is 11.8 Å². The van der Waals surface area contributed by atoms with Gasteiger partial charge in [-0.3, -0.25) is 0 Å². The molecule has 0 aromatic heterocycles. The first-order valence-electron chi connectivity index (χ1n) is 12.8. The molecule has 0 atom stereocenters. The van der Waals surface area contributed by atoms with Gasteiger partial charge in [-0.25, -0.2) is 0 Å². The summed E-state index contributed by atoms with van der Waals surface area (Å²) in [5, 5.41) is 0. The average Bonchev–Trinajstić information content (AvgIpc) is 2.84. The highest BCUT2D eigenvalue weighted by atomic mass is 32.2. The third kappa shape index (κ3) is 5.47. The molecule has 33 heavy (non-hydrogen) atoms. The molecule has 2 aromatic rings. The lowest BCUT2D eigenvalue weighted by Gasteiger charge is -2.43. The molecule has 0 amide bonds. The van der Waals surface area contributed by atoms with Gasteiger partial charge in [-0.05, 0) is 68.3 Å². The maximum atomic E-state index is 6.69. The smallest absolute Gasteiger partial charge is 0.407 e. The summed E-state index contributed by atoms with van der Waals surface area (Å²) in [5.41, 5.74) is 3.58. The van der Waals surface area contributed by atoms with Crippen molar-refractivity contribution in [2.45, 2.75) is 95.0 Å². The Labute approximate surface area is 205 Å². The van der Waals surface area contributed by atoms with Gasteiger partial charge in [-0.15, -0.1) is 0 Å². The molecule has 3 nitrogen and oxygen atoms in total. The van der Waals surface area contributed by atoms with Crippen molar-refractivity contribution in [2.24, 2.45) is 5.41 Å². The summed E-state index contributed by atoms with van der Waals surface area (Å²) in [6, 6.07) is 15.6. The molecule has 0 bridgehead atoms. The molecule has 2 aromatic carbocycles. The summed E-state index contributed by atoms with van der Waals surface area (Å²) < 4.78 is 13.0. The molecule has 2 heterocycles. The van der Waals surface area contributed by atoms with Gasteiger partial charge in [-0.1, -0.05) is 76.4 Å². The average molecular weight is 466 g/mol. The van der Waals surface area contributed by atoms with Gasteiger partial charge in [0.15, 0.2) is 0 Å². The quantitative estimate of drug-likeness (QED) is 0.324. The lowest BCUT2D eigenvalue weighted by Crippen LogP contribution is -2.50. The SMILES string of the molecule is CCCCCCN1c2ccccc2Sc2cc(B3OCCCCC(C)(C)C(C)(C)O3)ccc21. The second-order valence-electron chi connectivity index (χ2n) is 10.7. The van der Waals surface area contributed by atoms with Crippen LogP contribution in [0.3, 0.4) is 0 Å². The number of nitrogens with zero attached hydrogens (tertiary/aromatic N) is 1. The van der Waals surface area contributed by atoms with E-state index in [-0.39, 0.29) is 18.1 Å². The van der Waals surface area contributed by atoms with Gasteiger partial charge < -0.3 is 14.2 Å². The second-order valence-corrected chi connectivity index (χ2v) is 11.8. The molecule has 0 N–H and O–H groups in total. The molecule has 1 fully saturated rings. The van der Waals surface area contributed by atoms with E-state index in [1.807, 2.05) is 11.8 Å². The number of unbranched alkanes of at least 4 members (excludes halogenated alkanes) is 3. The monoisotopic (exact) mass is 465 g/mol. The zero-order valence-corrected chi connectivity index (χ0v) is 22.0. The molecule has 0 aliphatic carbocycles. The molecular weight excluding hydrogens is 425 g/mol. The number of anilines is 2. The first-order valence-corrected chi connectivity index (χ1v) is 13.6. The fourth-order valence-corrected chi connectivity index (χ4v) is 5.86. The number of hydrogen-bond acceptors (Lipinski definition) is 4. The largest absolute Gasteiger partial charge is 0.494 e. The summed E-state index contributed by atoms with van der Waals surface area (Å²) in [6.45, 7) is 13.2. The van der Waals surface area contributed by atoms with E-state index >= 15 is 0 Å². The number of rotatable bonds is 6. The minimum Gasteiger partial charge on any atom is -0.407 e. The molecular formula is C28H40BNO2S. The summed E-state index contributed by atoms with van der Waals surface area (Å²) in [4.78, 5) is 5.14. The Balaban J connectivity index is 1.63. The fourth-order valence-electron chi connectivity index (χ4n) is 4.72. The van der Waals surface area contributed by atoms with Gasteiger partial charge in [0.1, 0.15) is 0 Å². The first kappa shape index (κ1) is 24.7. The van der Waals surface area contributed by atoms with Crippen molar-refractivity contribution in [3.8, 4) is 0 Å². The van der Waals surface area contributed by atoms with E-state index in [9.17, 15) is 0 Å². The maximum Gasteiger partial charge on any atom is 0.494 e. The summed E-state index contributed by atoms with van der Waals surface area (Å²) in [7, 11) is -0.335. The molecule has 0 radical (unpaired) electrons. The van der Waals surface area contributed by atoms with Crippen LogP contribution in [0.15, 0.2) is 52.3 Å².